The van der Waals surface area contributed by atoms with Gasteiger partial charge in [0.2, 0.25) is 0 Å². The van der Waals surface area contributed by atoms with Gasteiger partial charge in [0.15, 0.2) is 0 Å². The standard InChI is InChI=1S/C12H20N2O3/c1-4-12(2,3)14-11(17)13-9-6-5-8(7-9)10(15)16/h5-6,8-9H,4,7H2,1-3H3,(H,15,16)(H2,13,14,17). The van der Waals surface area contributed by atoms with E-state index in [1.165, 1.54) is 0 Å². The van der Waals surface area contributed by atoms with Crippen molar-refractivity contribution in [1.82, 2.24) is 10.6 Å². The number of aliphatic carboxylic acids is 1. The van der Waals surface area contributed by atoms with Gasteiger partial charge in [-0.25, -0.2) is 4.79 Å². The number of nitrogens with one attached hydrogen (secondary N) is 2. The summed E-state index contributed by atoms with van der Waals surface area (Å²) in [6.45, 7) is 5.88. The van der Waals surface area contributed by atoms with Crippen LogP contribution in [0.2, 0.25) is 0 Å². The molecule has 0 aromatic carbocycles. The van der Waals surface area contributed by atoms with Crippen LogP contribution in [0.1, 0.15) is 33.6 Å². The molecule has 0 fully saturated rings. The Morgan fingerprint density at radius 2 is 2.06 bits per heavy atom. The van der Waals surface area contributed by atoms with Gasteiger partial charge in [-0.2, -0.15) is 0 Å². The van der Waals surface area contributed by atoms with Crippen molar-refractivity contribution >= 4 is 12.0 Å². The Labute approximate surface area is 101 Å². The van der Waals surface area contributed by atoms with Crippen molar-refractivity contribution in [3.63, 3.8) is 0 Å². The van der Waals surface area contributed by atoms with Crippen molar-refractivity contribution in [3.8, 4) is 0 Å². The molecular formula is C12H20N2O3. The fourth-order valence-electron chi connectivity index (χ4n) is 1.59. The van der Waals surface area contributed by atoms with E-state index in [-0.39, 0.29) is 17.6 Å². The topological polar surface area (TPSA) is 78.4 Å². The van der Waals surface area contributed by atoms with Crippen molar-refractivity contribution in [1.29, 1.82) is 0 Å². The molecule has 2 amide bonds. The highest BCUT2D eigenvalue weighted by Crippen LogP contribution is 2.18. The van der Waals surface area contributed by atoms with Crippen molar-refractivity contribution in [3.05, 3.63) is 12.2 Å². The highest BCUT2D eigenvalue weighted by molar-refractivity contribution is 5.76. The van der Waals surface area contributed by atoms with Crippen LogP contribution in [-0.2, 0) is 4.79 Å². The predicted molar refractivity (Wildman–Crippen MR) is 64.7 cm³/mol. The lowest BCUT2D eigenvalue weighted by atomic mass is 10.0. The molecule has 1 aliphatic carbocycles. The number of hydrogen-bond acceptors (Lipinski definition) is 2. The molecule has 5 heteroatoms. The zero-order valence-corrected chi connectivity index (χ0v) is 10.5. The van der Waals surface area contributed by atoms with Gasteiger partial charge >= 0.3 is 12.0 Å². The number of hydrogen-bond donors (Lipinski definition) is 3. The third kappa shape index (κ3) is 4.09. The molecule has 1 aliphatic rings. The molecule has 0 aliphatic heterocycles. The summed E-state index contributed by atoms with van der Waals surface area (Å²) in [6, 6.07) is -0.443. The second kappa shape index (κ2) is 5.21. The maximum absolute atomic E-state index is 11.6. The summed E-state index contributed by atoms with van der Waals surface area (Å²) >= 11 is 0. The second-order valence-electron chi connectivity index (χ2n) is 5.01. The molecular weight excluding hydrogens is 220 g/mol. The second-order valence-corrected chi connectivity index (χ2v) is 5.01. The van der Waals surface area contributed by atoms with Crippen molar-refractivity contribution in [2.75, 3.05) is 0 Å². The first kappa shape index (κ1) is 13.5. The van der Waals surface area contributed by atoms with Crippen molar-refractivity contribution in [2.24, 2.45) is 5.92 Å². The van der Waals surface area contributed by atoms with E-state index in [0.717, 1.165) is 6.42 Å². The molecule has 0 aromatic rings. The molecule has 2 unspecified atom stereocenters. The molecule has 0 spiro atoms. The lowest BCUT2D eigenvalue weighted by Gasteiger charge is -2.25. The summed E-state index contributed by atoms with van der Waals surface area (Å²) in [5, 5.41) is 14.4. The van der Waals surface area contributed by atoms with E-state index in [2.05, 4.69) is 10.6 Å². The minimum absolute atomic E-state index is 0.191. The molecule has 0 heterocycles. The van der Waals surface area contributed by atoms with E-state index in [1.807, 2.05) is 20.8 Å². The van der Waals surface area contributed by atoms with E-state index in [9.17, 15) is 9.59 Å². The monoisotopic (exact) mass is 240 g/mol. The van der Waals surface area contributed by atoms with Crippen LogP contribution in [0, 0.1) is 5.92 Å². The van der Waals surface area contributed by atoms with Gasteiger partial charge in [0.05, 0.1) is 12.0 Å². The molecule has 96 valence electrons. The van der Waals surface area contributed by atoms with Gasteiger partial charge in [0.25, 0.3) is 0 Å². The van der Waals surface area contributed by atoms with Crippen LogP contribution in [0.25, 0.3) is 0 Å². The highest BCUT2D eigenvalue weighted by Gasteiger charge is 2.26. The molecule has 0 radical (unpaired) electrons. The molecule has 0 aromatic heterocycles. The lowest BCUT2D eigenvalue weighted by Crippen LogP contribution is -2.50. The number of rotatable bonds is 4. The zero-order valence-electron chi connectivity index (χ0n) is 10.5. The fourth-order valence-corrected chi connectivity index (χ4v) is 1.59. The van der Waals surface area contributed by atoms with Gasteiger partial charge in [-0.15, -0.1) is 0 Å². The third-order valence-electron chi connectivity index (χ3n) is 3.05. The highest BCUT2D eigenvalue weighted by atomic mass is 16.4. The average molecular weight is 240 g/mol. The zero-order chi connectivity index (χ0) is 13.1. The molecule has 3 N–H and O–H groups in total. The molecule has 1 rings (SSSR count). The normalized spacial score (nSPS) is 23.5. The first-order valence-electron chi connectivity index (χ1n) is 5.84. The largest absolute Gasteiger partial charge is 0.481 e. The van der Waals surface area contributed by atoms with Gasteiger partial charge in [0.1, 0.15) is 0 Å². The SMILES string of the molecule is CCC(C)(C)NC(=O)NC1C=CC(C(=O)O)C1. The van der Waals surface area contributed by atoms with Gasteiger partial charge in [-0.05, 0) is 26.7 Å². The minimum atomic E-state index is -0.847. The van der Waals surface area contributed by atoms with Crippen LogP contribution in [-0.4, -0.2) is 28.7 Å². The third-order valence-corrected chi connectivity index (χ3v) is 3.05. The van der Waals surface area contributed by atoms with E-state index in [1.54, 1.807) is 12.2 Å². The predicted octanol–water partition coefficient (Wildman–Crippen LogP) is 1.50. The Morgan fingerprint density at radius 3 is 2.53 bits per heavy atom. The van der Waals surface area contributed by atoms with Crippen molar-refractivity contribution in [2.45, 2.75) is 45.2 Å². The Balaban J connectivity index is 2.39. The van der Waals surface area contributed by atoms with Crippen LogP contribution in [0.5, 0.6) is 0 Å². The molecule has 0 saturated carbocycles. The molecule has 17 heavy (non-hydrogen) atoms. The van der Waals surface area contributed by atoms with E-state index < -0.39 is 11.9 Å². The number of carbonyl (C=O) groups excluding carboxylic acids is 1. The van der Waals surface area contributed by atoms with Gasteiger partial charge in [0, 0.05) is 5.54 Å². The van der Waals surface area contributed by atoms with Crippen LogP contribution in [0.3, 0.4) is 0 Å². The number of carboxylic acids is 1. The molecule has 0 saturated heterocycles. The average Bonchev–Trinajstić information content (AvgIpc) is 2.65. The number of urea groups is 1. The van der Waals surface area contributed by atoms with Crippen LogP contribution in [0.15, 0.2) is 12.2 Å². The number of carboxylic acid groups (broad SMARTS) is 1. The molecule has 2 atom stereocenters. The Hall–Kier alpha value is -1.52. The smallest absolute Gasteiger partial charge is 0.315 e. The minimum Gasteiger partial charge on any atom is -0.481 e. The summed E-state index contributed by atoms with van der Waals surface area (Å²) < 4.78 is 0. The quantitative estimate of drug-likeness (QED) is 0.652. The van der Waals surface area contributed by atoms with Gasteiger partial charge < -0.3 is 15.7 Å². The van der Waals surface area contributed by atoms with E-state index in [4.69, 9.17) is 5.11 Å². The Bertz CT molecular complexity index is 337. The lowest BCUT2D eigenvalue weighted by molar-refractivity contribution is -0.140. The van der Waals surface area contributed by atoms with E-state index >= 15 is 0 Å². The molecule has 5 nitrogen and oxygen atoms in total. The first-order valence-corrected chi connectivity index (χ1v) is 5.84. The summed E-state index contributed by atoms with van der Waals surface area (Å²) in [4.78, 5) is 22.4. The van der Waals surface area contributed by atoms with Crippen LogP contribution < -0.4 is 10.6 Å². The Morgan fingerprint density at radius 1 is 1.41 bits per heavy atom. The van der Waals surface area contributed by atoms with E-state index in [0.29, 0.717) is 6.42 Å². The van der Waals surface area contributed by atoms with Crippen molar-refractivity contribution < 1.29 is 14.7 Å². The van der Waals surface area contributed by atoms with Gasteiger partial charge in [-0.1, -0.05) is 19.1 Å². The van der Waals surface area contributed by atoms with Crippen LogP contribution in [0.4, 0.5) is 4.79 Å². The molecule has 0 bridgehead atoms. The fraction of sp³-hybridized carbons (Fsp3) is 0.667. The first-order chi connectivity index (χ1) is 7.84. The number of carbonyl (C=O) groups is 2. The summed E-state index contributed by atoms with van der Waals surface area (Å²) in [6.07, 6.45) is 4.61. The number of amides is 2. The Kier molecular flexibility index (Phi) is 4.15. The maximum atomic E-state index is 11.6. The summed E-state index contributed by atoms with van der Waals surface area (Å²) in [5.41, 5.74) is -0.251. The summed E-state index contributed by atoms with van der Waals surface area (Å²) in [5.74, 6) is -1.33. The van der Waals surface area contributed by atoms with Crippen LogP contribution >= 0.6 is 0 Å². The summed E-state index contributed by atoms with van der Waals surface area (Å²) in [7, 11) is 0. The van der Waals surface area contributed by atoms with Gasteiger partial charge in [-0.3, -0.25) is 4.79 Å². The maximum Gasteiger partial charge on any atom is 0.315 e.